The third kappa shape index (κ3) is 9.87. The Bertz CT molecular complexity index is 360. The predicted octanol–water partition coefficient (Wildman–Crippen LogP) is 2.45. The number of carbonyl (C=O) groups is 3. The number of hydrogen-bond acceptors (Lipinski definition) is 5. The molecule has 6 nitrogen and oxygen atoms in total. The summed E-state index contributed by atoms with van der Waals surface area (Å²) in [6, 6.07) is 0. The molecule has 0 bridgehead atoms. The Morgan fingerprint density at radius 3 is 2.24 bits per heavy atom. The van der Waals surface area contributed by atoms with Gasteiger partial charge in [-0.3, -0.25) is 9.59 Å². The number of amides is 1. The van der Waals surface area contributed by atoms with Gasteiger partial charge in [0.05, 0.1) is 6.61 Å². The molecule has 1 N–H and O–H groups in total. The number of ether oxygens (including phenoxy) is 2. The quantitative estimate of drug-likeness (QED) is 0.423. The van der Waals surface area contributed by atoms with Gasteiger partial charge in [0, 0.05) is 6.54 Å². The fourth-order valence-corrected chi connectivity index (χ4v) is 1.71. The molecule has 1 unspecified atom stereocenters. The molecule has 0 aliphatic carbocycles. The lowest BCUT2D eigenvalue weighted by atomic mass is 9.98. The molecule has 0 aromatic heterocycles. The van der Waals surface area contributed by atoms with Crippen molar-refractivity contribution in [3.8, 4) is 0 Å². The SMILES string of the molecule is CCOC(=O)C(CCCCNC(=O)OC(C)(C)C)C(C)=O. The van der Waals surface area contributed by atoms with Crippen molar-refractivity contribution in [2.75, 3.05) is 13.2 Å². The molecule has 6 heteroatoms. The Balaban J connectivity index is 3.94. The topological polar surface area (TPSA) is 81.7 Å². The first-order valence-electron chi connectivity index (χ1n) is 7.31. The zero-order chi connectivity index (χ0) is 16.5. The van der Waals surface area contributed by atoms with Crippen LogP contribution in [-0.4, -0.2) is 36.6 Å². The molecule has 21 heavy (non-hydrogen) atoms. The molecule has 0 saturated carbocycles. The lowest BCUT2D eigenvalue weighted by Crippen LogP contribution is -2.33. The van der Waals surface area contributed by atoms with Crippen LogP contribution in [-0.2, 0) is 19.1 Å². The lowest BCUT2D eigenvalue weighted by Gasteiger charge is -2.19. The van der Waals surface area contributed by atoms with Crippen LogP contribution in [0.1, 0.15) is 53.9 Å². The highest BCUT2D eigenvalue weighted by Crippen LogP contribution is 2.12. The van der Waals surface area contributed by atoms with Crippen molar-refractivity contribution in [1.29, 1.82) is 0 Å². The molecule has 0 fully saturated rings. The van der Waals surface area contributed by atoms with Gasteiger partial charge in [-0.25, -0.2) is 4.79 Å². The fraction of sp³-hybridized carbons (Fsp3) is 0.800. The summed E-state index contributed by atoms with van der Waals surface area (Å²) in [5.41, 5.74) is -0.520. The molecule has 0 aromatic rings. The Kier molecular flexibility index (Phi) is 8.66. The standard InChI is InChI=1S/C15H27NO5/c1-6-20-13(18)12(11(2)17)9-7-8-10-16-14(19)21-15(3,4)5/h12H,6-10H2,1-5H3,(H,16,19). The molecule has 0 spiro atoms. The summed E-state index contributed by atoms with van der Waals surface area (Å²) < 4.78 is 9.96. The van der Waals surface area contributed by atoms with Gasteiger partial charge in [0.25, 0.3) is 0 Å². The second kappa shape index (κ2) is 9.37. The second-order valence-electron chi connectivity index (χ2n) is 5.84. The maximum atomic E-state index is 11.6. The van der Waals surface area contributed by atoms with Crippen molar-refractivity contribution < 1.29 is 23.9 Å². The van der Waals surface area contributed by atoms with E-state index in [9.17, 15) is 14.4 Å². The third-order valence-corrected chi connectivity index (χ3v) is 2.65. The minimum Gasteiger partial charge on any atom is -0.465 e. The average Bonchev–Trinajstić information content (AvgIpc) is 2.30. The van der Waals surface area contributed by atoms with Gasteiger partial charge in [-0.15, -0.1) is 0 Å². The lowest BCUT2D eigenvalue weighted by molar-refractivity contribution is -0.151. The zero-order valence-corrected chi connectivity index (χ0v) is 13.7. The van der Waals surface area contributed by atoms with Crippen LogP contribution in [0.15, 0.2) is 0 Å². The van der Waals surface area contributed by atoms with Gasteiger partial charge >= 0.3 is 12.1 Å². The van der Waals surface area contributed by atoms with Gasteiger partial charge in [0.2, 0.25) is 0 Å². The molecule has 0 heterocycles. The largest absolute Gasteiger partial charge is 0.465 e. The first-order chi connectivity index (χ1) is 9.67. The molecule has 0 aliphatic heterocycles. The van der Waals surface area contributed by atoms with Gasteiger partial charge in [0.15, 0.2) is 0 Å². The van der Waals surface area contributed by atoms with Crippen LogP contribution < -0.4 is 5.32 Å². The summed E-state index contributed by atoms with van der Waals surface area (Å²) in [7, 11) is 0. The summed E-state index contributed by atoms with van der Waals surface area (Å²) in [4.78, 5) is 34.4. The normalized spacial score (nSPS) is 12.4. The van der Waals surface area contributed by atoms with Gasteiger partial charge in [-0.1, -0.05) is 6.42 Å². The number of alkyl carbamates (subject to hydrolysis) is 1. The molecule has 0 saturated heterocycles. The zero-order valence-electron chi connectivity index (χ0n) is 13.7. The maximum Gasteiger partial charge on any atom is 0.407 e. The van der Waals surface area contributed by atoms with Crippen molar-refractivity contribution in [3.63, 3.8) is 0 Å². The van der Waals surface area contributed by atoms with Crippen LogP contribution in [0, 0.1) is 5.92 Å². The van der Waals surface area contributed by atoms with Crippen molar-refractivity contribution in [3.05, 3.63) is 0 Å². The van der Waals surface area contributed by atoms with Crippen molar-refractivity contribution >= 4 is 17.8 Å². The van der Waals surface area contributed by atoms with E-state index in [1.807, 2.05) is 0 Å². The molecule has 0 rings (SSSR count). The molecule has 0 aromatic carbocycles. The second-order valence-corrected chi connectivity index (χ2v) is 5.84. The average molecular weight is 301 g/mol. The molecule has 1 atom stereocenters. The summed E-state index contributed by atoms with van der Waals surface area (Å²) in [5.74, 6) is -1.36. The van der Waals surface area contributed by atoms with Crippen LogP contribution in [0.25, 0.3) is 0 Å². The van der Waals surface area contributed by atoms with Crippen LogP contribution >= 0.6 is 0 Å². The van der Waals surface area contributed by atoms with Crippen molar-refractivity contribution in [1.82, 2.24) is 5.32 Å². The molecule has 0 aliphatic rings. The number of carbonyl (C=O) groups excluding carboxylic acids is 3. The Hall–Kier alpha value is -1.59. The summed E-state index contributed by atoms with van der Waals surface area (Å²) in [6.45, 7) is 9.20. The highest BCUT2D eigenvalue weighted by molar-refractivity contribution is 5.97. The van der Waals surface area contributed by atoms with Gasteiger partial charge < -0.3 is 14.8 Å². The number of rotatable bonds is 8. The number of hydrogen-bond donors (Lipinski definition) is 1. The number of Topliss-reactive ketones (excluding diaryl/α,β-unsaturated/α-hetero) is 1. The van der Waals surface area contributed by atoms with E-state index in [1.165, 1.54) is 6.92 Å². The Morgan fingerprint density at radius 2 is 1.76 bits per heavy atom. The smallest absolute Gasteiger partial charge is 0.407 e. The minimum absolute atomic E-state index is 0.187. The predicted molar refractivity (Wildman–Crippen MR) is 78.9 cm³/mol. The number of esters is 1. The van der Waals surface area contributed by atoms with Crippen LogP contribution in [0.2, 0.25) is 0 Å². The van der Waals surface area contributed by atoms with Gasteiger partial charge in [-0.2, -0.15) is 0 Å². The van der Waals surface area contributed by atoms with E-state index in [0.717, 1.165) is 0 Å². The molecule has 1 amide bonds. The highest BCUT2D eigenvalue weighted by Gasteiger charge is 2.23. The third-order valence-electron chi connectivity index (χ3n) is 2.65. The summed E-state index contributed by atoms with van der Waals surface area (Å²) in [6.07, 6.45) is 1.29. The number of unbranched alkanes of at least 4 members (excludes halogenated alkanes) is 1. The summed E-state index contributed by atoms with van der Waals surface area (Å²) >= 11 is 0. The van der Waals surface area contributed by atoms with Crippen LogP contribution in [0.5, 0.6) is 0 Å². The van der Waals surface area contributed by atoms with E-state index >= 15 is 0 Å². The molecular weight excluding hydrogens is 274 g/mol. The van der Waals surface area contributed by atoms with E-state index in [0.29, 0.717) is 25.8 Å². The van der Waals surface area contributed by atoms with Crippen LogP contribution in [0.3, 0.4) is 0 Å². The van der Waals surface area contributed by atoms with E-state index in [-0.39, 0.29) is 12.4 Å². The maximum absolute atomic E-state index is 11.6. The monoisotopic (exact) mass is 301 g/mol. The van der Waals surface area contributed by atoms with E-state index in [1.54, 1.807) is 27.7 Å². The molecular formula is C15H27NO5. The van der Waals surface area contributed by atoms with Crippen molar-refractivity contribution in [2.45, 2.75) is 59.5 Å². The fourth-order valence-electron chi connectivity index (χ4n) is 1.71. The van der Waals surface area contributed by atoms with E-state index < -0.39 is 23.6 Å². The van der Waals surface area contributed by atoms with E-state index in [4.69, 9.17) is 9.47 Å². The molecule has 0 radical (unpaired) electrons. The Morgan fingerprint density at radius 1 is 1.14 bits per heavy atom. The Labute approximate surface area is 126 Å². The summed E-state index contributed by atoms with van der Waals surface area (Å²) in [5, 5.41) is 2.63. The molecule has 122 valence electrons. The number of ketones is 1. The van der Waals surface area contributed by atoms with Gasteiger partial charge in [0.1, 0.15) is 17.3 Å². The van der Waals surface area contributed by atoms with Crippen LogP contribution in [0.4, 0.5) is 4.79 Å². The van der Waals surface area contributed by atoms with Gasteiger partial charge in [-0.05, 0) is 47.5 Å². The van der Waals surface area contributed by atoms with Crippen molar-refractivity contribution in [2.24, 2.45) is 5.92 Å². The highest BCUT2D eigenvalue weighted by atomic mass is 16.6. The van der Waals surface area contributed by atoms with E-state index in [2.05, 4.69) is 5.32 Å². The first kappa shape index (κ1) is 19.4. The number of nitrogens with one attached hydrogen (secondary N) is 1. The first-order valence-corrected chi connectivity index (χ1v) is 7.31. The minimum atomic E-state index is -0.702.